The molecule has 0 saturated heterocycles. The fourth-order valence-corrected chi connectivity index (χ4v) is 3.46. The Labute approximate surface area is 166 Å². The molecule has 0 spiro atoms. The minimum absolute atomic E-state index is 0.204. The predicted molar refractivity (Wildman–Crippen MR) is 105 cm³/mol. The molecular weight excluding hydrogens is 395 g/mol. The van der Waals surface area contributed by atoms with E-state index in [1.165, 1.54) is 12.1 Å². The second-order valence-electron chi connectivity index (χ2n) is 7.34. The highest BCUT2D eigenvalue weighted by Gasteiger charge is 2.31. The number of hydrogen-bond donors (Lipinski definition) is 1. The first-order chi connectivity index (χ1) is 12.5. The van der Waals surface area contributed by atoms with Crippen LogP contribution in [0.5, 0.6) is 0 Å². The van der Waals surface area contributed by atoms with Gasteiger partial charge in [-0.1, -0.05) is 35.9 Å². The van der Waals surface area contributed by atoms with E-state index in [2.05, 4.69) is 4.72 Å². The molecule has 0 aliphatic heterocycles. The SMILES string of the molecule is CC(C)(C)[S+]([O-])NC(CCc1ccc(C(F)(F)F)cc1)c1ccc(Cl)cc1. The molecule has 2 atom stereocenters. The first-order valence-electron chi connectivity index (χ1n) is 8.56. The molecule has 148 valence electrons. The molecular formula is C20H23ClF3NOS. The molecule has 2 unspecified atom stereocenters. The summed E-state index contributed by atoms with van der Waals surface area (Å²) in [7, 11) is 0. The van der Waals surface area contributed by atoms with Crippen LogP contribution in [0.15, 0.2) is 48.5 Å². The molecule has 0 aliphatic carbocycles. The molecule has 2 aromatic carbocycles. The maximum Gasteiger partial charge on any atom is 0.416 e. The van der Waals surface area contributed by atoms with Crippen molar-refractivity contribution in [1.82, 2.24) is 4.72 Å². The Morgan fingerprint density at radius 3 is 2.04 bits per heavy atom. The molecule has 2 nitrogen and oxygen atoms in total. The molecule has 0 heterocycles. The molecule has 0 bridgehead atoms. The fourth-order valence-electron chi connectivity index (χ4n) is 2.47. The lowest BCUT2D eigenvalue weighted by Gasteiger charge is -2.28. The lowest BCUT2D eigenvalue weighted by atomic mass is 9.99. The van der Waals surface area contributed by atoms with Crippen LogP contribution < -0.4 is 4.72 Å². The summed E-state index contributed by atoms with van der Waals surface area (Å²) >= 11 is 4.67. The zero-order valence-electron chi connectivity index (χ0n) is 15.4. The largest absolute Gasteiger partial charge is 0.598 e. The van der Waals surface area contributed by atoms with Crippen molar-refractivity contribution in [1.29, 1.82) is 0 Å². The molecule has 0 radical (unpaired) electrons. The quantitative estimate of drug-likeness (QED) is 0.577. The third-order valence-electron chi connectivity index (χ3n) is 4.08. The van der Waals surface area contributed by atoms with Crippen LogP contribution in [0.3, 0.4) is 0 Å². The van der Waals surface area contributed by atoms with Crippen molar-refractivity contribution in [3.05, 3.63) is 70.2 Å². The Morgan fingerprint density at radius 1 is 1.00 bits per heavy atom. The maximum atomic E-state index is 12.7. The van der Waals surface area contributed by atoms with E-state index in [1.54, 1.807) is 12.1 Å². The van der Waals surface area contributed by atoms with Gasteiger partial charge < -0.3 is 4.55 Å². The Balaban J connectivity index is 2.13. The average molecular weight is 418 g/mol. The normalized spacial score (nSPS) is 14.8. The zero-order chi connectivity index (χ0) is 20.2. The molecule has 0 saturated carbocycles. The van der Waals surface area contributed by atoms with E-state index in [0.717, 1.165) is 23.3 Å². The first-order valence-corrected chi connectivity index (χ1v) is 10.1. The summed E-state index contributed by atoms with van der Waals surface area (Å²) in [5.74, 6) is 0. The van der Waals surface area contributed by atoms with E-state index in [9.17, 15) is 17.7 Å². The van der Waals surface area contributed by atoms with Crippen LogP contribution in [0.1, 0.15) is 49.9 Å². The summed E-state index contributed by atoms with van der Waals surface area (Å²) in [6.45, 7) is 5.64. The number of rotatable bonds is 6. The van der Waals surface area contributed by atoms with E-state index in [1.807, 2.05) is 32.9 Å². The molecule has 1 N–H and O–H groups in total. The van der Waals surface area contributed by atoms with E-state index >= 15 is 0 Å². The van der Waals surface area contributed by atoms with Gasteiger partial charge in [0.25, 0.3) is 0 Å². The molecule has 7 heteroatoms. The molecule has 0 fully saturated rings. The van der Waals surface area contributed by atoms with Gasteiger partial charge in [-0.2, -0.15) is 13.2 Å². The Bertz CT molecular complexity index is 727. The van der Waals surface area contributed by atoms with Crippen molar-refractivity contribution in [2.45, 2.75) is 50.6 Å². The minimum atomic E-state index is -4.34. The van der Waals surface area contributed by atoms with E-state index in [4.69, 9.17) is 11.6 Å². The van der Waals surface area contributed by atoms with Gasteiger partial charge in [0.15, 0.2) is 0 Å². The predicted octanol–water partition coefficient (Wildman–Crippen LogP) is 6.08. The Morgan fingerprint density at radius 2 is 1.56 bits per heavy atom. The third-order valence-corrected chi connectivity index (χ3v) is 5.94. The molecule has 0 amide bonds. The van der Waals surface area contributed by atoms with Crippen molar-refractivity contribution in [2.24, 2.45) is 0 Å². The van der Waals surface area contributed by atoms with Crippen LogP contribution in [-0.4, -0.2) is 9.30 Å². The molecule has 0 aromatic heterocycles. The second kappa shape index (κ2) is 8.86. The van der Waals surface area contributed by atoms with Gasteiger partial charge in [-0.3, -0.25) is 0 Å². The standard InChI is InChI=1S/C20H23ClF3NOS/c1-19(2,3)27(26)25-18(15-7-11-17(21)12-8-15)13-6-14-4-9-16(10-5-14)20(22,23)24/h4-5,7-12,18,25H,6,13H2,1-3H3. The number of aryl methyl sites for hydroxylation is 1. The van der Waals surface area contributed by atoms with Gasteiger partial charge in [0, 0.05) is 16.4 Å². The highest BCUT2D eigenvalue weighted by Crippen LogP contribution is 2.30. The van der Waals surface area contributed by atoms with E-state index in [-0.39, 0.29) is 6.04 Å². The number of nitrogens with one attached hydrogen (secondary N) is 1. The summed E-state index contributed by atoms with van der Waals surface area (Å²) < 4.78 is 53.3. The summed E-state index contributed by atoms with van der Waals surface area (Å²) in [6.07, 6.45) is -3.19. The van der Waals surface area contributed by atoms with Crippen molar-refractivity contribution in [2.75, 3.05) is 0 Å². The van der Waals surface area contributed by atoms with E-state index in [0.29, 0.717) is 17.9 Å². The summed E-state index contributed by atoms with van der Waals surface area (Å²) in [5.41, 5.74) is 1.07. The average Bonchev–Trinajstić information content (AvgIpc) is 2.58. The molecule has 27 heavy (non-hydrogen) atoms. The monoisotopic (exact) mass is 417 g/mol. The van der Waals surface area contributed by atoms with Crippen molar-refractivity contribution in [3.8, 4) is 0 Å². The van der Waals surface area contributed by atoms with E-state index < -0.39 is 27.8 Å². The lowest BCUT2D eigenvalue weighted by molar-refractivity contribution is -0.137. The molecule has 2 aromatic rings. The first kappa shape index (κ1) is 22.1. The van der Waals surface area contributed by atoms with Gasteiger partial charge in [-0.05, 0) is 69.0 Å². The van der Waals surface area contributed by atoms with Gasteiger partial charge in [-0.15, -0.1) is 4.72 Å². The number of benzene rings is 2. The van der Waals surface area contributed by atoms with Crippen LogP contribution in [-0.2, 0) is 24.0 Å². The van der Waals surface area contributed by atoms with Crippen LogP contribution in [0.4, 0.5) is 13.2 Å². The Hall–Kier alpha value is -1.21. The van der Waals surface area contributed by atoms with Gasteiger partial charge in [0.05, 0.1) is 11.6 Å². The smallest absolute Gasteiger partial charge is 0.416 e. The number of hydrogen-bond acceptors (Lipinski definition) is 2. The number of halogens is 4. The minimum Gasteiger partial charge on any atom is -0.598 e. The fraction of sp³-hybridized carbons (Fsp3) is 0.400. The highest BCUT2D eigenvalue weighted by molar-refractivity contribution is 7.90. The van der Waals surface area contributed by atoms with Gasteiger partial charge in [0.2, 0.25) is 0 Å². The summed E-state index contributed by atoms with van der Waals surface area (Å²) in [6, 6.07) is 12.2. The second-order valence-corrected chi connectivity index (χ2v) is 9.77. The van der Waals surface area contributed by atoms with Gasteiger partial charge >= 0.3 is 6.18 Å². The molecule has 2 rings (SSSR count). The van der Waals surface area contributed by atoms with Crippen molar-refractivity contribution >= 4 is 23.0 Å². The maximum absolute atomic E-state index is 12.7. The van der Waals surface area contributed by atoms with Crippen molar-refractivity contribution in [3.63, 3.8) is 0 Å². The van der Waals surface area contributed by atoms with Gasteiger partial charge in [-0.25, -0.2) is 0 Å². The summed E-state index contributed by atoms with van der Waals surface area (Å²) in [5, 5.41) is 0.609. The lowest BCUT2D eigenvalue weighted by Crippen LogP contribution is -2.41. The number of alkyl halides is 3. The topological polar surface area (TPSA) is 35.1 Å². The summed E-state index contributed by atoms with van der Waals surface area (Å²) in [4.78, 5) is 0. The molecule has 0 aliphatic rings. The van der Waals surface area contributed by atoms with Crippen LogP contribution in [0.2, 0.25) is 5.02 Å². The van der Waals surface area contributed by atoms with Crippen LogP contribution in [0.25, 0.3) is 0 Å². The zero-order valence-corrected chi connectivity index (χ0v) is 17.0. The van der Waals surface area contributed by atoms with Crippen LogP contribution in [0, 0.1) is 0 Å². The third kappa shape index (κ3) is 6.71. The highest BCUT2D eigenvalue weighted by atomic mass is 35.5. The van der Waals surface area contributed by atoms with Crippen LogP contribution >= 0.6 is 11.6 Å². The van der Waals surface area contributed by atoms with Gasteiger partial charge in [0.1, 0.15) is 4.75 Å². The van der Waals surface area contributed by atoms with Crippen molar-refractivity contribution < 1.29 is 17.7 Å². The Kier molecular flexibility index (Phi) is 7.25.